The number of esters is 1. The van der Waals surface area contributed by atoms with Crippen LogP contribution in [-0.4, -0.2) is 12.6 Å². The summed E-state index contributed by atoms with van der Waals surface area (Å²) in [5.41, 5.74) is 1.34. The van der Waals surface area contributed by atoms with Gasteiger partial charge in [-0.25, -0.2) is 4.79 Å². The molecule has 3 nitrogen and oxygen atoms in total. The number of hydrogen-bond acceptors (Lipinski definition) is 3. The van der Waals surface area contributed by atoms with Gasteiger partial charge in [-0.1, -0.05) is 35.3 Å². The predicted octanol–water partition coefficient (Wildman–Crippen LogP) is 5.92. The van der Waals surface area contributed by atoms with Crippen LogP contribution in [0, 0.1) is 6.92 Å². The second kappa shape index (κ2) is 8.50. The summed E-state index contributed by atoms with van der Waals surface area (Å²) < 4.78 is 12.8. The van der Waals surface area contributed by atoms with E-state index in [1.807, 2.05) is 25.1 Å². The fourth-order valence-corrected chi connectivity index (χ4v) is 3.54. The monoisotopic (exact) mass is 440 g/mol. The Morgan fingerprint density at radius 3 is 2.65 bits per heavy atom. The van der Waals surface area contributed by atoms with E-state index >= 15 is 0 Å². The molecule has 0 aliphatic rings. The largest absolute Gasteiger partial charge is 0.494 e. The smallest absolute Gasteiger partial charge is 0.343 e. The summed E-state index contributed by atoms with van der Waals surface area (Å²) >= 11 is 6.83. The molecule has 5 heteroatoms. The SMILES string of the molecule is CCCCOc1cccc(C(=O)Oc2c(C)cc(Br)cc2Br)c1. The first-order chi connectivity index (χ1) is 11.0. The predicted molar refractivity (Wildman–Crippen MR) is 98.4 cm³/mol. The quantitative estimate of drug-likeness (QED) is 0.317. The summed E-state index contributed by atoms with van der Waals surface area (Å²) in [6.07, 6.45) is 2.05. The highest BCUT2D eigenvalue weighted by atomic mass is 79.9. The van der Waals surface area contributed by atoms with Crippen LogP contribution in [0.1, 0.15) is 35.7 Å². The summed E-state index contributed by atoms with van der Waals surface area (Å²) in [7, 11) is 0. The number of hydrogen-bond donors (Lipinski definition) is 0. The van der Waals surface area contributed by atoms with Gasteiger partial charge in [-0.2, -0.15) is 0 Å². The van der Waals surface area contributed by atoms with E-state index in [4.69, 9.17) is 9.47 Å². The van der Waals surface area contributed by atoms with E-state index in [0.29, 0.717) is 23.7 Å². The van der Waals surface area contributed by atoms with Crippen LogP contribution in [0.4, 0.5) is 0 Å². The van der Waals surface area contributed by atoms with Crippen LogP contribution in [0.5, 0.6) is 11.5 Å². The molecule has 122 valence electrons. The third-order valence-electron chi connectivity index (χ3n) is 3.23. The molecule has 23 heavy (non-hydrogen) atoms. The first-order valence-corrected chi connectivity index (χ1v) is 9.00. The van der Waals surface area contributed by atoms with E-state index in [0.717, 1.165) is 27.4 Å². The Bertz CT molecular complexity index is 675. The lowest BCUT2D eigenvalue weighted by Gasteiger charge is -2.11. The van der Waals surface area contributed by atoms with Crippen molar-refractivity contribution in [3.63, 3.8) is 0 Å². The van der Waals surface area contributed by atoms with Gasteiger partial charge in [0.15, 0.2) is 0 Å². The molecular formula is C18H18Br2O3. The Hall–Kier alpha value is -1.33. The van der Waals surface area contributed by atoms with Crippen molar-refractivity contribution in [2.45, 2.75) is 26.7 Å². The highest BCUT2D eigenvalue weighted by Crippen LogP contribution is 2.33. The molecule has 0 unspecified atom stereocenters. The second-order valence-electron chi connectivity index (χ2n) is 5.15. The van der Waals surface area contributed by atoms with E-state index in [9.17, 15) is 4.79 Å². The highest BCUT2D eigenvalue weighted by Gasteiger charge is 2.14. The van der Waals surface area contributed by atoms with Crippen molar-refractivity contribution in [1.29, 1.82) is 0 Å². The standard InChI is InChI=1S/C18H18Br2O3/c1-3-4-8-22-15-7-5-6-13(10-15)18(21)23-17-12(2)9-14(19)11-16(17)20/h5-7,9-11H,3-4,8H2,1-2H3. The summed E-state index contributed by atoms with van der Waals surface area (Å²) in [6, 6.07) is 10.8. The first-order valence-electron chi connectivity index (χ1n) is 7.42. The maximum Gasteiger partial charge on any atom is 0.343 e. The summed E-state index contributed by atoms with van der Waals surface area (Å²) in [5.74, 6) is 0.798. The van der Waals surface area contributed by atoms with Crippen LogP contribution < -0.4 is 9.47 Å². The zero-order chi connectivity index (χ0) is 16.8. The van der Waals surface area contributed by atoms with Gasteiger partial charge in [0, 0.05) is 4.47 Å². The van der Waals surface area contributed by atoms with Crippen LogP contribution in [0.25, 0.3) is 0 Å². The maximum atomic E-state index is 12.4. The molecule has 0 aliphatic heterocycles. The van der Waals surface area contributed by atoms with Gasteiger partial charge < -0.3 is 9.47 Å². The number of rotatable bonds is 6. The molecule has 2 aromatic rings. The van der Waals surface area contributed by atoms with E-state index in [2.05, 4.69) is 38.8 Å². The normalized spacial score (nSPS) is 10.4. The van der Waals surface area contributed by atoms with Crippen molar-refractivity contribution in [3.8, 4) is 11.5 Å². The molecule has 0 N–H and O–H groups in total. The zero-order valence-corrected chi connectivity index (χ0v) is 16.2. The average molecular weight is 442 g/mol. The van der Waals surface area contributed by atoms with Crippen LogP contribution in [0.3, 0.4) is 0 Å². The molecule has 0 bridgehead atoms. The number of benzene rings is 2. The Kier molecular flexibility index (Phi) is 6.66. The molecule has 0 radical (unpaired) electrons. The van der Waals surface area contributed by atoms with Gasteiger partial charge in [-0.15, -0.1) is 0 Å². The number of ether oxygens (including phenoxy) is 2. The Balaban J connectivity index is 2.13. The lowest BCUT2D eigenvalue weighted by atomic mass is 10.2. The van der Waals surface area contributed by atoms with E-state index in [1.165, 1.54) is 0 Å². The number of aryl methyl sites for hydroxylation is 1. The van der Waals surface area contributed by atoms with E-state index in [1.54, 1.807) is 18.2 Å². The molecule has 0 heterocycles. The van der Waals surface area contributed by atoms with Gasteiger partial charge in [-0.3, -0.25) is 0 Å². The van der Waals surface area contributed by atoms with Gasteiger partial charge in [0.25, 0.3) is 0 Å². The van der Waals surface area contributed by atoms with Crippen molar-refractivity contribution < 1.29 is 14.3 Å². The molecule has 0 aliphatic carbocycles. The van der Waals surface area contributed by atoms with Crippen LogP contribution >= 0.6 is 31.9 Å². The minimum Gasteiger partial charge on any atom is -0.494 e. The molecule has 0 amide bonds. The molecule has 0 saturated carbocycles. The minimum atomic E-state index is -0.405. The minimum absolute atomic E-state index is 0.405. The number of unbranched alkanes of at least 4 members (excludes halogenated alkanes) is 1. The average Bonchev–Trinajstić information content (AvgIpc) is 2.51. The zero-order valence-electron chi connectivity index (χ0n) is 13.1. The van der Waals surface area contributed by atoms with E-state index in [-0.39, 0.29) is 0 Å². The van der Waals surface area contributed by atoms with Crippen molar-refractivity contribution in [1.82, 2.24) is 0 Å². The fourth-order valence-electron chi connectivity index (χ4n) is 2.02. The third-order valence-corrected chi connectivity index (χ3v) is 4.27. The molecule has 0 atom stereocenters. The lowest BCUT2D eigenvalue weighted by Crippen LogP contribution is -2.10. The van der Waals surface area contributed by atoms with Crippen LogP contribution in [0.2, 0.25) is 0 Å². The van der Waals surface area contributed by atoms with Gasteiger partial charge >= 0.3 is 5.97 Å². The summed E-state index contributed by atoms with van der Waals surface area (Å²) in [4.78, 5) is 12.4. The van der Waals surface area contributed by atoms with Crippen molar-refractivity contribution in [2.75, 3.05) is 6.61 Å². The van der Waals surface area contributed by atoms with Gasteiger partial charge in [-0.05, 0) is 65.2 Å². The molecule has 2 rings (SSSR count). The van der Waals surface area contributed by atoms with Crippen LogP contribution in [-0.2, 0) is 0 Å². The molecule has 2 aromatic carbocycles. The van der Waals surface area contributed by atoms with E-state index < -0.39 is 5.97 Å². The third kappa shape index (κ3) is 5.08. The highest BCUT2D eigenvalue weighted by molar-refractivity contribution is 9.11. The fraction of sp³-hybridized carbons (Fsp3) is 0.278. The van der Waals surface area contributed by atoms with Gasteiger partial charge in [0.1, 0.15) is 11.5 Å². The molecule has 0 saturated heterocycles. The Morgan fingerprint density at radius 1 is 1.17 bits per heavy atom. The number of carbonyl (C=O) groups excluding carboxylic acids is 1. The first kappa shape index (κ1) is 18.0. The second-order valence-corrected chi connectivity index (χ2v) is 6.92. The van der Waals surface area contributed by atoms with Crippen molar-refractivity contribution >= 4 is 37.8 Å². The maximum absolute atomic E-state index is 12.4. The van der Waals surface area contributed by atoms with Crippen molar-refractivity contribution in [2.24, 2.45) is 0 Å². The van der Waals surface area contributed by atoms with Crippen LogP contribution in [0.15, 0.2) is 45.3 Å². The molecular weight excluding hydrogens is 424 g/mol. The number of halogens is 2. The summed E-state index contributed by atoms with van der Waals surface area (Å²) in [5, 5.41) is 0. The van der Waals surface area contributed by atoms with Gasteiger partial charge in [0.2, 0.25) is 0 Å². The Morgan fingerprint density at radius 2 is 1.96 bits per heavy atom. The molecule has 0 fully saturated rings. The molecule has 0 spiro atoms. The Labute approximate surface area is 153 Å². The van der Waals surface area contributed by atoms with Crippen molar-refractivity contribution in [3.05, 3.63) is 56.5 Å². The molecule has 0 aromatic heterocycles. The number of carbonyl (C=O) groups is 1. The van der Waals surface area contributed by atoms with Gasteiger partial charge in [0.05, 0.1) is 16.6 Å². The lowest BCUT2D eigenvalue weighted by molar-refractivity contribution is 0.0731. The summed E-state index contributed by atoms with van der Waals surface area (Å²) in [6.45, 7) is 4.64. The topological polar surface area (TPSA) is 35.5 Å².